The Labute approximate surface area is 222 Å². The number of H-pyrrole nitrogens is 1. The third-order valence-electron chi connectivity index (χ3n) is 5.81. The van der Waals surface area contributed by atoms with Crippen molar-refractivity contribution in [2.24, 2.45) is 5.92 Å². The molecule has 0 radical (unpaired) electrons. The number of aliphatic carboxylic acids is 1. The summed E-state index contributed by atoms with van der Waals surface area (Å²) in [6, 6.07) is 12.8. The van der Waals surface area contributed by atoms with Crippen LogP contribution < -0.4 is 15.5 Å². The average molecular weight is 550 g/mol. The Morgan fingerprint density at radius 3 is 2.26 bits per heavy atom. The summed E-state index contributed by atoms with van der Waals surface area (Å²) in [6.45, 7) is 7.99. The summed E-state index contributed by atoms with van der Waals surface area (Å²) in [5, 5.41) is 20.7. The molecule has 0 saturated carbocycles. The topological polar surface area (TPSA) is 137 Å². The first-order valence-electron chi connectivity index (χ1n) is 12.3. The number of nitrogens with one attached hydrogen (secondary N) is 3. The fourth-order valence-corrected chi connectivity index (χ4v) is 3.65. The number of ether oxygens (including phenoxy) is 1. The van der Waals surface area contributed by atoms with E-state index in [0.29, 0.717) is 48.0 Å². The number of carbonyl (C=O) groups excluding carboxylic acids is 2. The average Bonchev–Trinajstić information content (AvgIpc) is 3.30. The summed E-state index contributed by atoms with van der Waals surface area (Å²) >= 11 is 0. The van der Waals surface area contributed by atoms with Crippen molar-refractivity contribution in [1.82, 2.24) is 15.5 Å². The van der Waals surface area contributed by atoms with Gasteiger partial charge in [0.1, 0.15) is 0 Å². The number of halogens is 3. The first-order valence-corrected chi connectivity index (χ1v) is 12.3. The van der Waals surface area contributed by atoms with Gasteiger partial charge >= 0.3 is 12.1 Å². The summed E-state index contributed by atoms with van der Waals surface area (Å²) in [6.07, 6.45) is -4.16. The number of nitrogens with zero attached hydrogens (tertiary/aromatic N) is 2. The summed E-state index contributed by atoms with van der Waals surface area (Å²) in [5.41, 5.74) is 2.90. The molecule has 0 aliphatic carbocycles. The highest BCUT2D eigenvalue weighted by Crippen LogP contribution is 2.23. The first kappa shape index (κ1) is 29.4. The Balaban J connectivity index is 0.000000532. The van der Waals surface area contributed by atoms with Crippen LogP contribution in [0.5, 0.6) is 0 Å². The van der Waals surface area contributed by atoms with Gasteiger partial charge in [0.25, 0.3) is 11.8 Å². The molecule has 0 unspecified atom stereocenters. The van der Waals surface area contributed by atoms with Crippen LogP contribution in [0, 0.1) is 5.92 Å². The molecule has 1 aromatic heterocycles. The van der Waals surface area contributed by atoms with Crippen LogP contribution in [0.2, 0.25) is 0 Å². The van der Waals surface area contributed by atoms with Crippen LogP contribution in [0.15, 0.2) is 42.5 Å². The number of hydrogen-bond donors (Lipinski definition) is 4. The minimum Gasteiger partial charge on any atom is -0.475 e. The number of rotatable bonds is 7. The molecule has 10 nitrogen and oxygen atoms in total. The SMILES string of the molecule is CC(C)CCNC(=O)c1ccc2[nH]nc(NC(=O)c3ccc(N4CCOCC4)cc3)c2c1.O=C(O)C(F)(F)F. The number of aromatic nitrogens is 2. The molecular formula is C26H30F3N5O5. The number of aromatic amines is 1. The number of amides is 2. The van der Waals surface area contributed by atoms with Gasteiger partial charge < -0.3 is 25.4 Å². The molecule has 0 spiro atoms. The Morgan fingerprint density at radius 1 is 1.05 bits per heavy atom. The van der Waals surface area contributed by atoms with Crippen molar-refractivity contribution in [1.29, 1.82) is 0 Å². The molecule has 2 heterocycles. The Kier molecular flexibility index (Phi) is 9.88. The van der Waals surface area contributed by atoms with Crippen LogP contribution in [0.3, 0.4) is 0 Å². The van der Waals surface area contributed by atoms with Crippen LogP contribution in [0.1, 0.15) is 41.0 Å². The van der Waals surface area contributed by atoms with Crippen LogP contribution in [0.4, 0.5) is 24.7 Å². The number of hydrogen-bond acceptors (Lipinski definition) is 6. The van der Waals surface area contributed by atoms with E-state index in [1.165, 1.54) is 0 Å². The zero-order valence-corrected chi connectivity index (χ0v) is 21.5. The second kappa shape index (κ2) is 13.1. The van der Waals surface area contributed by atoms with Crippen molar-refractivity contribution in [3.63, 3.8) is 0 Å². The van der Waals surface area contributed by atoms with Gasteiger partial charge in [0.15, 0.2) is 5.82 Å². The zero-order valence-electron chi connectivity index (χ0n) is 21.5. The fourth-order valence-electron chi connectivity index (χ4n) is 3.65. The van der Waals surface area contributed by atoms with Crippen LogP contribution in [0.25, 0.3) is 10.9 Å². The smallest absolute Gasteiger partial charge is 0.475 e. The maximum atomic E-state index is 12.8. The maximum absolute atomic E-state index is 12.8. The van der Waals surface area contributed by atoms with Crippen molar-refractivity contribution in [3.05, 3.63) is 53.6 Å². The van der Waals surface area contributed by atoms with Crippen LogP contribution in [-0.4, -0.2) is 72.1 Å². The summed E-state index contributed by atoms with van der Waals surface area (Å²) in [4.78, 5) is 36.4. The van der Waals surface area contributed by atoms with Gasteiger partial charge in [-0.25, -0.2) is 4.79 Å². The molecular weight excluding hydrogens is 519 g/mol. The largest absolute Gasteiger partial charge is 0.490 e. The summed E-state index contributed by atoms with van der Waals surface area (Å²) < 4.78 is 37.1. The Morgan fingerprint density at radius 2 is 1.67 bits per heavy atom. The standard InChI is InChI=1S/C24H29N5O3.C2HF3O2/c1-16(2)9-10-25-23(30)18-5-8-21-20(15-18)22(28-27-21)26-24(31)17-3-6-19(7-4-17)29-11-13-32-14-12-29;3-2(4,5)1(6)7/h3-8,15-16H,9-14H2,1-2H3,(H,25,30)(H2,26,27,28,31);(H,6,7). The molecule has 0 bridgehead atoms. The van der Waals surface area contributed by atoms with Gasteiger partial charge in [-0.15, -0.1) is 0 Å². The first-order chi connectivity index (χ1) is 18.5. The lowest BCUT2D eigenvalue weighted by molar-refractivity contribution is -0.192. The molecule has 2 amide bonds. The van der Waals surface area contributed by atoms with Crippen molar-refractivity contribution < 1.29 is 37.4 Å². The van der Waals surface area contributed by atoms with E-state index in [4.69, 9.17) is 14.6 Å². The number of anilines is 2. The van der Waals surface area contributed by atoms with E-state index < -0.39 is 12.1 Å². The fraction of sp³-hybridized carbons (Fsp3) is 0.385. The second-order valence-corrected chi connectivity index (χ2v) is 9.17. The van der Waals surface area contributed by atoms with Gasteiger partial charge in [-0.2, -0.15) is 18.3 Å². The van der Waals surface area contributed by atoms with Crippen molar-refractivity contribution in [2.75, 3.05) is 43.1 Å². The van der Waals surface area contributed by atoms with Crippen LogP contribution in [-0.2, 0) is 9.53 Å². The molecule has 13 heteroatoms. The third kappa shape index (κ3) is 8.43. The molecule has 1 aliphatic heterocycles. The van der Waals surface area contributed by atoms with E-state index in [2.05, 4.69) is 39.6 Å². The minimum absolute atomic E-state index is 0.135. The minimum atomic E-state index is -5.08. The lowest BCUT2D eigenvalue weighted by Gasteiger charge is -2.28. The number of morpholine rings is 1. The van der Waals surface area contributed by atoms with Gasteiger partial charge in [-0.05, 0) is 54.8 Å². The van der Waals surface area contributed by atoms with Gasteiger partial charge in [0, 0.05) is 41.8 Å². The maximum Gasteiger partial charge on any atom is 0.490 e. The monoisotopic (exact) mass is 549 g/mol. The van der Waals surface area contributed by atoms with Crippen LogP contribution >= 0.6 is 0 Å². The van der Waals surface area contributed by atoms with Crippen molar-refractivity contribution in [2.45, 2.75) is 26.4 Å². The predicted molar refractivity (Wildman–Crippen MR) is 139 cm³/mol. The van der Waals surface area contributed by atoms with E-state index >= 15 is 0 Å². The van der Waals surface area contributed by atoms with Crippen molar-refractivity contribution >= 4 is 40.2 Å². The molecule has 4 N–H and O–H groups in total. The highest BCUT2D eigenvalue weighted by atomic mass is 19.4. The summed E-state index contributed by atoms with van der Waals surface area (Å²) in [5.74, 6) is -2.22. The molecule has 210 valence electrons. The van der Waals surface area contributed by atoms with E-state index in [9.17, 15) is 22.8 Å². The molecule has 2 aromatic carbocycles. The van der Waals surface area contributed by atoms with E-state index in [1.807, 2.05) is 24.3 Å². The van der Waals surface area contributed by atoms with E-state index in [-0.39, 0.29) is 11.8 Å². The van der Waals surface area contributed by atoms with Gasteiger partial charge in [0.2, 0.25) is 0 Å². The Hall–Kier alpha value is -4.13. The Bertz CT molecular complexity index is 1290. The molecule has 4 rings (SSSR count). The zero-order chi connectivity index (χ0) is 28.6. The molecule has 1 aliphatic rings. The quantitative estimate of drug-likeness (QED) is 0.349. The number of carboxylic acids is 1. The normalized spacial score (nSPS) is 13.5. The lowest BCUT2D eigenvalue weighted by Crippen LogP contribution is -2.36. The summed E-state index contributed by atoms with van der Waals surface area (Å²) in [7, 11) is 0. The van der Waals surface area contributed by atoms with E-state index in [1.54, 1.807) is 18.2 Å². The van der Waals surface area contributed by atoms with Gasteiger partial charge in [0.05, 0.1) is 18.7 Å². The number of carbonyl (C=O) groups is 3. The van der Waals surface area contributed by atoms with Gasteiger partial charge in [-0.3, -0.25) is 14.7 Å². The molecule has 39 heavy (non-hydrogen) atoms. The number of carboxylic acid groups (broad SMARTS) is 1. The molecule has 1 saturated heterocycles. The molecule has 3 aromatic rings. The van der Waals surface area contributed by atoms with Crippen molar-refractivity contribution in [3.8, 4) is 0 Å². The number of benzene rings is 2. The number of alkyl halides is 3. The highest BCUT2D eigenvalue weighted by molar-refractivity contribution is 6.09. The molecule has 0 atom stereocenters. The van der Waals surface area contributed by atoms with E-state index in [0.717, 1.165) is 30.7 Å². The third-order valence-corrected chi connectivity index (χ3v) is 5.81. The second-order valence-electron chi connectivity index (χ2n) is 9.17. The van der Waals surface area contributed by atoms with Gasteiger partial charge in [-0.1, -0.05) is 13.8 Å². The predicted octanol–water partition coefficient (Wildman–Crippen LogP) is 4.06. The number of fused-ring (bicyclic) bond motifs is 1. The highest BCUT2D eigenvalue weighted by Gasteiger charge is 2.38. The molecule has 1 fully saturated rings. The lowest BCUT2D eigenvalue weighted by atomic mass is 10.1.